The van der Waals surface area contributed by atoms with E-state index in [1.807, 2.05) is 6.07 Å². The van der Waals surface area contributed by atoms with Gasteiger partial charge in [-0.3, -0.25) is 0 Å². The Morgan fingerprint density at radius 3 is 2.68 bits per heavy atom. The number of ether oxygens (including phenoxy) is 2. The summed E-state index contributed by atoms with van der Waals surface area (Å²) in [6.07, 6.45) is 12.8. The highest BCUT2D eigenvalue weighted by atomic mass is 16.5. The molecule has 0 saturated carbocycles. The largest absolute Gasteiger partial charge is 0.441 e. The van der Waals surface area contributed by atoms with Crippen LogP contribution >= 0.6 is 0 Å². The minimum absolute atomic E-state index is 0.231. The van der Waals surface area contributed by atoms with Crippen LogP contribution in [0.1, 0.15) is 10.4 Å². The van der Waals surface area contributed by atoms with E-state index < -0.39 is 12.1 Å². The van der Waals surface area contributed by atoms with E-state index in [0.717, 1.165) is 0 Å². The summed E-state index contributed by atoms with van der Waals surface area (Å²) in [6.45, 7) is 0.556. The number of terminal acetylenes is 2. The van der Waals surface area contributed by atoms with Crippen molar-refractivity contribution in [3.63, 3.8) is 0 Å². The molecule has 0 saturated heterocycles. The Labute approximate surface area is 113 Å². The predicted molar refractivity (Wildman–Crippen MR) is 73.3 cm³/mol. The van der Waals surface area contributed by atoms with Gasteiger partial charge in [-0.1, -0.05) is 36.1 Å². The van der Waals surface area contributed by atoms with Gasteiger partial charge in [-0.2, -0.15) is 0 Å². The molecule has 1 rings (SSSR count). The smallest absolute Gasteiger partial charge is 0.339 e. The zero-order valence-electron chi connectivity index (χ0n) is 10.4. The lowest BCUT2D eigenvalue weighted by Gasteiger charge is -2.08. The van der Waals surface area contributed by atoms with Gasteiger partial charge in [-0.25, -0.2) is 4.79 Å². The lowest BCUT2D eigenvalue weighted by molar-refractivity contribution is 0.0474. The highest BCUT2D eigenvalue weighted by molar-refractivity contribution is 5.89. The van der Waals surface area contributed by atoms with Crippen LogP contribution < -0.4 is 0 Å². The van der Waals surface area contributed by atoms with Gasteiger partial charge in [0.1, 0.15) is 6.61 Å². The van der Waals surface area contributed by atoms with Gasteiger partial charge in [0, 0.05) is 0 Å². The van der Waals surface area contributed by atoms with Gasteiger partial charge in [-0.15, -0.1) is 12.8 Å². The normalized spacial score (nSPS) is 11.5. The molecule has 0 aliphatic rings. The van der Waals surface area contributed by atoms with Crippen molar-refractivity contribution < 1.29 is 14.3 Å². The van der Waals surface area contributed by atoms with Crippen molar-refractivity contribution in [1.82, 2.24) is 0 Å². The molecular weight excluding hydrogens is 240 g/mol. The second-order valence-electron chi connectivity index (χ2n) is 3.51. The van der Waals surface area contributed by atoms with Crippen molar-refractivity contribution in [3.8, 4) is 24.7 Å². The summed E-state index contributed by atoms with van der Waals surface area (Å²) in [5.41, 5.74) is 0.458. The molecule has 0 radical (unpaired) electrons. The summed E-state index contributed by atoms with van der Waals surface area (Å²) in [5, 5.41) is 0. The number of esters is 1. The standard InChI is InChI=1S/C16H14O3/c1-3-12-18-13-8-11-15(4-2)19-16(17)14-9-6-5-7-10-14/h1-2,5-11,15H,12-13H2/b11-8+. The lowest BCUT2D eigenvalue weighted by Crippen LogP contribution is -2.14. The Morgan fingerprint density at radius 1 is 1.32 bits per heavy atom. The van der Waals surface area contributed by atoms with Gasteiger partial charge in [0.25, 0.3) is 0 Å². The molecule has 1 aromatic rings. The number of carbonyl (C=O) groups excluding carboxylic acids is 1. The average molecular weight is 254 g/mol. The molecule has 19 heavy (non-hydrogen) atoms. The molecule has 0 aliphatic carbocycles. The molecule has 0 bridgehead atoms. The minimum Gasteiger partial charge on any atom is -0.441 e. The molecule has 3 heteroatoms. The molecule has 0 amide bonds. The van der Waals surface area contributed by atoms with E-state index in [2.05, 4.69) is 11.8 Å². The second-order valence-corrected chi connectivity index (χ2v) is 3.51. The maximum absolute atomic E-state index is 11.7. The van der Waals surface area contributed by atoms with Crippen molar-refractivity contribution >= 4 is 5.97 Å². The van der Waals surface area contributed by atoms with Crippen LogP contribution in [0.15, 0.2) is 42.5 Å². The van der Waals surface area contributed by atoms with Crippen LogP contribution in [0.3, 0.4) is 0 Å². The first-order chi connectivity index (χ1) is 9.27. The van der Waals surface area contributed by atoms with Crippen LogP contribution in [0.5, 0.6) is 0 Å². The maximum atomic E-state index is 11.7. The number of benzene rings is 1. The van der Waals surface area contributed by atoms with Crippen LogP contribution in [0, 0.1) is 24.7 Å². The molecule has 0 aromatic heterocycles. The van der Waals surface area contributed by atoms with Crippen molar-refractivity contribution in [2.75, 3.05) is 13.2 Å². The van der Waals surface area contributed by atoms with E-state index in [1.165, 1.54) is 0 Å². The van der Waals surface area contributed by atoms with E-state index >= 15 is 0 Å². The molecule has 0 fully saturated rings. The molecule has 0 aliphatic heterocycles. The fourth-order valence-corrected chi connectivity index (χ4v) is 1.25. The monoisotopic (exact) mass is 254 g/mol. The molecule has 1 unspecified atom stereocenters. The summed E-state index contributed by atoms with van der Waals surface area (Å²) in [7, 11) is 0. The van der Waals surface area contributed by atoms with E-state index in [-0.39, 0.29) is 6.61 Å². The number of hydrogen-bond acceptors (Lipinski definition) is 3. The van der Waals surface area contributed by atoms with Gasteiger partial charge in [0.05, 0.1) is 12.2 Å². The predicted octanol–water partition coefficient (Wildman–Crippen LogP) is 2.05. The molecular formula is C16H14O3. The third-order valence-corrected chi connectivity index (χ3v) is 2.12. The Bertz CT molecular complexity index is 503. The zero-order chi connectivity index (χ0) is 13.9. The van der Waals surface area contributed by atoms with Gasteiger partial charge < -0.3 is 9.47 Å². The van der Waals surface area contributed by atoms with Crippen molar-refractivity contribution in [2.24, 2.45) is 0 Å². The Balaban J connectivity index is 2.47. The van der Waals surface area contributed by atoms with Gasteiger partial charge in [-0.05, 0) is 18.2 Å². The maximum Gasteiger partial charge on any atom is 0.339 e. The summed E-state index contributed by atoms with van der Waals surface area (Å²) in [5.74, 6) is 4.25. The summed E-state index contributed by atoms with van der Waals surface area (Å²) in [4.78, 5) is 11.7. The third kappa shape index (κ3) is 5.59. The van der Waals surface area contributed by atoms with Gasteiger partial charge in [0.2, 0.25) is 0 Å². The SMILES string of the molecule is C#CCOC/C=C/C(C#C)OC(=O)c1ccccc1. The fraction of sp³-hybridized carbons (Fsp3) is 0.188. The van der Waals surface area contributed by atoms with E-state index in [0.29, 0.717) is 12.2 Å². The zero-order valence-corrected chi connectivity index (χ0v) is 10.4. The van der Waals surface area contributed by atoms with Gasteiger partial charge in [0.15, 0.2) is 6.10 Å². The minimum atomic E-state index is -0.720. The number of carbonyl (C=O) groups is 1. The molecule has 0 spiro atoms. The Kier molecular flexibility index (Phi) is 6.58. The highest BCUT2D eigenvalue weighted by Gasteiger charge is 2.10. The molecule has 96 valence electrons. The summed E-state index contributed by atoms with van der Waals surface area (Å²) < 4.78 is 10.2. The van der Waals surface area contributed by atoms with Crippen LogP contribution in [0.4, 0.5) is 0 Å². The lowest BCUT2D eigenvalue weighted by atomic mass is 10.2. The second kappa shape index (κ2) is 8.58. The quantitative estimate of drug-likeness (QED) is 0.337. The molecule has 3 nitrogen and oxygen atoms in total. The van der Waals surface area contributed by atoms with Crippen molar-refractivity contribution in [2.45, 2.75) is 6.10 Å². The van der Waals surface area contributed by atoms with E-state index in [4.69, 9.17) is 22.3 Å². The Hall–Kier alpha value is -2.49. The van der Waals surface area contributed by atoms with Crippen molar-refractivity contribution in [3.05, 3.63) is 48.0 Å². The van der Waals surface area contributed by atoms with Crippen molar-refractivity contribution in [1.29, 1.82) is 0 Å². The van der Waals surface area contributed by atoms with Crippen LogP contribution in [-0.4, -0.2) is 25.3 Å². The molecule has 0 N–H and O–H groups in total. The van der Waals surface area contributed by atoms with Crippen LogP contribution in [0.2, 0.25) is 0 Å². The van der Waals surface area contributed by atoms with Crippen LogP contribution in [-0.2, 0) is 9.47 Å². The van der Waals surface area contributed by atoms with Crippen LogP contribution in [0.25, 0.3) is 0 Å². The summed E-state index contributed by atoms with van der Waals surface area (Å²) >= 11 is 0. The summed E-state index contributed by atoms with van der Waals surface area (Å²) in [6, 6.07) is 8.65. The Morgan fingerprint density at radius 2 is 2.05 bits per heavy atom. The first-order valence-electron chi connectivity index (χ1n) is 5.68. The number of rotatable bonds is 6. The van der Waals surface area contributed by atoms with Gasteiger partial charge >= 0.3 is 5.97 Å². The average Bonchev–Trinajstić information content (AvgIpc) is 2.46. The number of hydrogen-bond donors (Lipinski definition) is 0. The molecule has 1 aromatic carbocycles. The third-order valence-electron chi connectivity index (χ3n) is 2.12. The van der Waals surface area contributed by atoms with E-state index in [9.17, 15) is 4.79 Å². The topological polar surface area (TPSA) is 35.5 Å². The molecule has 0 heterocycles. The first kappa shape index (κ1) is 14.6. The van der Waals surface area contributed by atoms with E-state index in [1.54, 1.807) is 36.4 Å². The molecule has 1 atom stereocenters. The fourth-order valence-electron chi connectivity index (χ4n) is 1.25. The highest BCUT2D eigenvalue weighted by Crippen LogP contribution is 2.04. The first-order valence-corrected chi connectivity index (χ1v) is 5.68.